The van der Waals surface area contributed by atoms with Gasteiger partial charge in [0.15, 0.2) is 6.29 Å². The Morgan fingerprint density at radius 3 is 2.48 bits per heavy atom. The number of aliphatic hydroxyl groups is 1. The molecular weight excluding hydrogens is 378 g/mol. The number of urea groups is 1. The third-order valence-corrected chi connectivity index (χ3v) is 6.85. The molecular formula is C20H33N3O6. The Bertz CT molecular complexity index is 591. The number of aliphatic hydroxyl groups excluding tert-OH is 1. The van der Waals surface area contributed by atoms with E-state index in [0.29, 0.717) is 32.5 Å². The van der Waals surface area contributed by atoms with Crippen molar-refractivity contribution in [2.24, 2.45) is 5.92 Å². The van der Waals surface area contributed by atoms with Crippen molar-refractivity contribution in [3.63, 3.8) is 0 Å². The Hall–Kier alpha value is -1.42. The van der Waals surface area contributed by atoms with Crippen LogP contribution in [-0.2, 0) is 19.0 Å². The van der Waals surface area contributed by atoms with E-state index in [4.69, 9.17) is 14.2 Å². The summed E-state index contributed by atoms with van der Waals surface area (Å²) in [4.78, 5) is 26.4. The zero-order valence-corrected chi connectivity index (χ0v) is 17.0. The van der Waals surface area contributed by atoms with E-state index in [1.807, 2.05) is 0 Å². The van der Waals surface area contributed by atoms with Gasteiger partial charge in [0.2, 0.25) is 0 Å². The number of esters is 1. The molecule has 9 nitrogen and oxygen atoms in total. The van der Waals surface area contributed by atoms with Gasteiger partial charge in [0, 0.05) is 6.04 Å². The van der Waals surface area contributed by atoms with Crippen molar-refractivity contribution in [3.05, 3.63) is 0 Å². The molecule has 3 heterocycles. The van der Waals surface area contributed by atoms with Gasteiger partial charge in [-0.2, -0.15) is 0 Å². The highest BCUT2D eigenvalue weighted by atomic mass is 16.7. The summed E-state index contributed by atoms with van der Waals surface area (Å²) in [7, 11) is 1.41. The van der Waals surface area contributed by atoms with Crippen LogP contribution in [0.25, 0.3) is 0 Å². The zero-order chi connectivity index (χ0) is 20.4. The van der Waals surface area contributed by atoms with Crippen LogP contribution in [0.2, 0.25) is 0 Å². The second kappa shape index (κ2) is 9.16. The van der Waals surface area contributed by atoms with E-state index in [9.17, 15) is 14.7 Å². The number of hydrogen-bond donors (Lipinski definition) is 3. The van der Waals surface area contributed by atoms with Crippen LogP contribution in [0.3, 0.4) is 0 Å². The van der Waals surface area contributed by atoms with Gasteiger partial charge in [-0.25, -0.2) is 4.79 Å². The Kier molecular flexibility index (Phi) is 6.58. The average molecular weight is 411 g/mol. The SMILES string of the molecule is COC(=O)C1CCN([C@H]2[C@@H]3OC[C@@H](O3)[C@@H](NC(=O)NC3CCCCC3)[C@@H]2O)CC1. The Morgan fingerprint density at radius 2 is 1.79 bits per heavy atom. The van der Waals surface area contributed by atoms with Crippen molar-refractivity contribution in [1.29, 1.82) is 0 Å². The summed E-state index contributed by atoms with van der Waals surface area (Å²) in [5, 5.41) is 17.1. The average Bonchev–Trinajstić information content (AvgIpc) is 3.17. The van der Waals surface area contributed by atoms with Crippen molar-refractivity contribution < 1.29 is 28.9 Å². The smallest absolute Gasteiger partial charge is 0.315 e. The van der Waals surface area contributed by atoms with E-state index in [0.717, 1.165) is 25.7 Å². The molecule has 0 spiro atoms. The maximum Gasteiger partial charge on any atom is 0.315 e. The van der Waals surface area contributed by atoms with Gasteiger partial charge < -0.3 is 30.0 Å². The minimum atomic E-state index is -0.798. The fourth-order valence-corrected chi connectivity index (χ4v) is 5.19. The van der Waals surface area contributed by atoms with Gasteiger partial charge in [-0.05, 0) is 38.8 Å². The molecule has 4 rings (SSSR count). The van der Waals surface area contributed by atoms with Gasteiger partial charge in [-0.3, -0.25) is 9.69 Å². The second-order valence-corrected chi connectivity index (χ2v) is 8.67. The lowest BCUT2D eigenvalue weighted by Crippen LogP contribution is -2.67. The molecule has 0 aromatic carbocycles. The van der Waals surface area contributed by atoms with E-state index in [-0.39, 0.29) is 36.1 Å². The highest BCUT2D eigenvalue weighted by Crippen LogP contribution is 2.33. The van der Waals surface area contributed by atoms with Gasteiger partial charge >= 0.3 is 12.0 Å². The number of amides is 2. The lowest BCUT2D eigenvalue weighted by molar-refractivity contribution is -0.185. The number of nitrogens with zero attached hydrogens (tertiary/aromatic N) is 1. The third kappa shape index (κ3) is 4.52. The molecule has 164 valence electrons. The number of carbonyl (C=O) groups is 2. The number of methoxy groups -OCH3 is 1. The molecule has 3 saturated heterocycles. The molecule has 0 radical (unpaired) electrons. The molecule has 4 aliphatic rings. The van der Waals surface area contributed by atoms with Gasteiger partial charge in [-0.15, -0.1) is 0 Å². The molecule has 0 unspecified atom stereocenters. The first-order valence-corrected chi connectivity index (χ1v) is 10.9. The van der Waals surface area contributed by atoms with Crippen molar-refractivity contribution >= 4 is 12.0 Å². The summed E-state index contributed by atoms with van der Waals surface area (Å²) >= 11 is 0. The van der Waals surface area contributed by atoms with Crippen molar-refractivity contribution in [2.45, 2.75) is 81.6 Å². The first-order chi connectivity index (χ1) is 14.1. The second-order valence-electron chi connectivity index (χ2n) is 8.67. The van der Waals surface area contributed by atoms with Crippen molar-refractivity contribution in [1.82, 2.24) is 15.5 Å². The van der Waals surface area contributed by atoms with Crippen molar-refractivity contribution in [3.8, 4) is 0 Å². The molecule has 3 aliphatic heterocycles. The number of piperidine rings is 1. The standard InChI is InChI=1S/C20H33N3O6/c1-27-18(25)12-7-9-23(10-8-12)16-17(24)15(14-11-28-19(16)29-14)22-20(26)21-13-5-3-2-4-6-13/h12-17,19,24H,2-11H2,1H3,(H2,21,22,26)/t14-,15-,16-,17+,19-/m1/s1. The number of rotatable bonds is 4. The van der Waals surface area contributed by atoms with Crippen LogP contribution >= 0.6 is 0 Å². The van der Waals surface area contributed by atoms with E-state index in [1.165, 1.54) is 13.5 Å². The van der Waals surface area contributed by atoms with E-state index >= 15 is 0 Å². The fourth-order valence-electron chi connectivity index (χ4n) is 5.19. The van der Waals surface area contributed by atoms with Crippen molar-refractivity contribution in [2.75, 3.05) is 26.8 Å². The maximum atomic E-state index is 12.5. The Labute approximate surface area is 171 Å². The fraction of sp³-hybridized carbons (Fsp3) is 0.900. The first kappa shape index (κ1) is 20.8. The van der Waals surface area contributed by atoms with E-state index in [1.54, 1.807) is 0 Å². The predicted octanol–water partition coefficient (Wildman–Crippen LogP) is 0.357. The van der Waals surface area contributed by atoms with E-state index in [2.05, 4.69) is 15.5 Å². The molecule has 5 atom stereocenters. The number of ether oxygens (including phenoxy) is 3. The highest BCUT2D eigenvalue weighted by molar-refractivity contribution is 5.74. The summed E-state index contributed by atoms with van der Waals surface area (Å²) in [6, 6.07) is -0.947. The van der Waals surface area contributed by atoms with Crippen LogP contribution in [-0.4, -0.2) is 85.4 Å². The first-order valence-electron chi connectivity index (χ1n) is 10.9. The molecule has 0 aromatic heterocycles. The van der Waals surface area contributed by atoms with Crippen LogP contribution in [0.1, 0.15) is 44.9 Å². The summed E-state index contributed by atoms with van der Waals surface area (Å²) in [6.07, 6.45) is 5.20. The molecule has 4 fully saturated rings. The number of fused-ring (bicyclic) bond motifs is 2. The lowest BCUT2D eigenvalue weighted by Gasteiger charge is -2.45. The Morgan fingerprint density at radius 1 is 1.07 bits per heavy atom. The van der Waals surface area contributed by atoms with Gasteiger partial charge in [0.25, 0.3) is 0 Å². The Balaban J connectivity index is 1.36. The largest absolute Gasteiger partial charge is 0.469 e. The minimum absolute atomic E-state index is 0.106. The van der Waals surface area contributed by atoms with Crippen LogP contribution in [0.5, 0.6) is 0 Å². The molecule has 2 amide bonds. The number of carbonyl (C=O) groups excluding carboxylic acids is 2. The topological polar surface area (TPSA) is 109 Å². The number of likely N-dealkylation sites (tertiary alicyclic amines) is 1. The van der Waals surface area contributed by atoms with Gasteiger partial charge in [-0.1, -0.05) is 19.3 Å². The highest BCUT2D eigenvalue weighted by Gasteiger charge is 2.53. The molecule has 9 heteroatoms. The van der Waals surface area contributed by atoms with E-state index < -0.39 is 18.4 Å². The lowest BCUT2D eigenvalue weighted by atomic mass is 9.90. The summed E-state index contributed by atoms with van der Waals surface area (Å²) in [5.41, 5.74) is 0. The quantitative estimate of drug-likeness (QED) is 0.573. The minimum Gasteiger partial charge on any atom is -0.469 e. The summed E-state index contributed by atoms with van der Waals surface area (Å²) < 4.78 is 16.6. The van der Waals surface area contributed by atoms with Crippen LogP contribution < -0.4 is 10.6 Å². The van der Waals surface area contributed by atoms with Crippen LogP contribution in [0, 0.1) is 5.92 Å². The molecule has 0 aromatic rings. The van der Waals surface area contributed by atoms with Gasteiger partial charge in [0.05, 0.1) is 37.8 Å². The summed E-state index contributed by atoms with van der Waals surface area (Å²) in [5.74, 6) is -0.286. The summed E-state index contributed by atoms with van der Waals surface area (Å²) in [6.45, 7) is 1.65. The third-order valence-electron chi connectivity index (χ3n) is 6.85. The molecule has 2 bridgehead atoms. The van der Waals surface area contributed by atoms with Crippen LogP contribution in [0.4, 0.5) is 4.79 Å². The maximum absolute atomic E-state index is 12.5. The molecule has 1 saturated carbocycles. The molecule has 3 N–H and O–H groups in total. The number of hydrogen-bond acceptors (Lipinski definition) is 7. The normalized spacial score (nSPS) is 36.6. The van der Waals surface area contributed by atoms with Gasteiger partial charge in [0.1, 0.15) is 6.10 Å². The van der Waals surface area contributed by atoms with Crippen LogP contribution in [0.15, 0.2) is 0 Å². The predicted molar refractivity (Wildman–Crippen MR) is 103 cm³/mol. The molecule has 29 heavy (non-hydrogen) atoms. The number of nitrogens with one attached hydrogen (secondary N) is 2. The monoisotopic (exact) mass is 411 g/mol. The molecule has 1 aliphatic carbocycles. The zero-order valence-electron chi connectivity index (χ0n) is 17.0.